The molecule has 0 radical (unpaired) electrons. The van der Waals surface area contributed by atoms with Crippen molar-refractivity contribution in [1.82, 2.24) is 20.0 Å². The Kier molecular flexibility index (Phi) is 6.02. The van der Waals surface area contributed by atoms with Crippen molar-refractivity contribution in [3.63, 3.8) is 0 Å². The SMILES string of the molecule is CNN(C(=O)c1cnn2c(-c3ccc(Cl)cc3)c(-c3ccccc3Cl)cnc12)c1ccccc1. The lowest BCUT2D eigenvalue weighted by Crippen LogP contribution is -2.40. The van der Waals surface area contributed by atoms with Gasteiger partial charge in [0.1, 0.15) is 5.56 Å². The molecule has 168 valence electrons. The van der Waals surface area contributed by atoms with E-state index in [2.05, 4.69) is 15.5 Å². The first-order chi connectivity index (χ1) is 16.6. The number of rotatable bonds is 5. The van der Waals surface area contributed by atoms with Gasteiger partial charge in [-0.2, -0.15) is 5.10 Å². The van der Waals surface area contributed by atoms with E-state index in [-0.39, 0.29) is 5.91 Å². The normalized spacial score (nSPS) is 11.0. The van der Waals surface area contributed by atoms with Crippen molar-refractivity contribution in [3.8, 4) is 22.4 Å². The molecule has 0 atom stereocenters. The zero-order chi connectivity index (χ0) is 23.7. The largest absolute Gasteiger partial charge is 0.278 e. The third-order valence-electron chi connectivity index (χ3n) is 5.48. The Bertz CT molecular complexity index is 1480. The Labute approximate surface area is 206 Å². The number of nitrogens with zero attached hydrogens (tertiary/aromatic N) is 4. The van der Waals surface area contributed by atoms with Crippen LogP contribution in [0.1, 0.15) is 10.4 Å². The lowest BCUT2D eigenvalue weighted by atomic mass is 10.0. The number of para-hydroxylation sites is 1. The number of hydrazine groups is 1. The van der Waals surface area contributed by atoms with Gasteiger partial charge in [-0.15, -0.1) is 0 Å². The molecule has 34 heavy (non-hydrogen) atoms. The second-order valence-electron chi connectivity index (χ2n) is 7.50. The van der Waals surface area contributed by atoms with Gasteiger partial charge in [0, 0.05) is 40.0 Å². The van der Waals surface area contributed by atoms with Crippen LogP contribution in [0.5, 0.6) is 0 Å². The highest BCUT2D eigenvalue weighted by atomic mass is 35.5. The number of carbonyl (C=O) groups excluding carboxylic acids is 1. The van der Waals surface area contributed by atoms with Gasteiger partial charge in [0.05, 0.1) is 17.6 Å². The summed E-state index contributed by atoms with van der Waals surface area (Å²) in [4.78, 5) is 18.1. The fourth-order valence-electron chi connectivity index (χ4n) is 3.89. The van der Waals surface area contributed by atoms with Crippen LogP contribution in [0.4, 0.5) is 5.69 Å². The smallest absolute Gasteiger partial charge is 0.267 e. The van der Waals surface area contributed by atoms with Gasteiger partial charge in [-0.3, -0.25) is 4.79 Å². The second-order valence-corrected chi connectivity index (χ2v) is 8.34. The van der Waals surface area contributed by atoms with E-state index in [9.17, 15) is 4.79 Å². The first-order valence-electron chi connectivity index (χ1n) is 10.5. The Hall–Kier alpha value is -3.71. The average Bonchev–Trinajstić information content (AvgIpc) is 3.30. The number of fused-ring (bicyclic) bond motifs is 1. The zero-order valence-corrected chi connectivity index (χ0v) is 19.6. The lowest BCUT2D eigenvalue weighted by molar-refractivity contribution is 0.0978. The molecule has 0 bridgehead atoms. The van der Waals surface area contributed by atoms with Crippen molar-refractivity contribution in [2.45, 2.75) is 0 Å². The summed E-state index contributed by atoms with van der Waals surface area (Å²) < 4.78 is 1.67. The van der Waals surface area contributed by atoms with Crippen LogP contribution in [0.25, 0.3) is 28.0 Å². The standard InChI is InChI=1S/C26H19Cl2N5O/c1-29-32(19-7-3-2-4-8-19)26(34)22-16-31-33-24(17-11-13-18(27)14-12-17)21(15-30-25(22)33)20-9-5-6-10-23(20)28/h2-16,29H,1H3. The van der Waals surface area contributed by atoms with E-state index >= 15 is 0 Å². The maximum atomic E-state index is 13.5. The molecule has 8 heteroatoms. The van der Waals surface area contributed by atoms with Gasteiger partial charge in [-0.05, 0) is 30.3 Å². The summed E-state index contributed by atoms with van der Waals surface area (Å²) in [7, 11) is 1.69. The first-order valence-corrected chi connectivity index (χ1v) is 11.3. The molecule has 2 aromatic heterocycles. The van der Waals surface area contributed by atoms with Gasteiger partial charge in [0.25, 0.3) is 5.91 Å². The third-order valence-corrected chi connectivity index (χ3v) is 6.06. The van der Waals surface area contributed by atoms with E-state index in [4.69, 9.17) is 23.2 Å². The van der Waals surface area contributed by atoms with Crippen LogP contribution in [-0.2, 0) is 0 Å². The Morgan fingerprint density at radius 3 is 2.29 bits per heavy atom. The summed E-state index contributed by atoms with van der Waals surface area (Å²) in [6, 6.07) is 24.3. The lowest BCUT2D eigenvalue weighted by Gasteiger charge is -2.20. The number of anilines is 1. The predicted octanol–water partition coefficient (Wildman–Crippen LogP) is 6.15. The molecule has 0 aliphatic heterocycles. The molecule has 0 saturated carbocycles. The number of hydrogen-bond donors (Lipinski definition) is 1. The van der Waals surface area contributed by atoms with E-state index in [1.165, 1.54) is 11.2 Å². The predicted molar refractivity (Wildman–Crippen MR) is 136 cm³/mol. The van der Waals surface area contributed by atoms with E-state index in [0.717, 1.165) is 22.4 Å². The molecule has 0 spiro atoms. The quantitative estimate of drug-likeness (QED) is 0.302. The molecule has 2 heterocycles. The molecule has 0 unspecified atom stereocenters. The van der Waals surface area contributed by atoms with Crippen LogP contribution in [0.3, 0.4) is 0 Å². The number of amides is 1. The first kappa shape index (κ1) is 22.1. The topological polar surface area (TPSA) is 62.5 Å². The van der Waals surface area contributed by atoms with Crippen molar-refractivity contribution in [2.75, 3.05) is 12.1 Å². The van der Waals surface area contributed by atoms with E-state index in [1.54, 1.807) is 17.8 Å². The minimum atomic E-state index is -0.274. The Morgan fingerprint density at radius 1 is 0.882 bits per heavy atom. The van der Waals surface area contributed by atoms with Crippen molar-refractivity contribution in [1.29, 1.82) is 0 Å². The molecule has 1 N–H and O–H groups in total. The summed E-state index contributed by atoms with van der Waals surface area (Å²) >= 11 is 12.7. The minimum absolute atomic E-state index is 0.274. The molecule has 0 fully saturated rings. The Balaban J connectivity index is 1.72. The summed E-state index contributed by atoms with van der Waals surface area (Å²) in [6.45, 7) is 0. The molecule has 6 nitrogen and oxygen atoms in total. The van der Waals surface area contributed by atoms with Crippen LogP contribution in [-0.4, -0.2) is 27.6 Å². The zero-order valence-electron chi connectivity index (χ0n) is 18.1. The fraction of sp³-hybridized carbons (Fsp3) is 0.0385. The highest BCUT2D eigenvalue weighted by Crippen LogP contribution is 2.36. The molecule has 5 aromatic rings. The molecular formula is C26H19Cl2N5O. The molecule has 0 saturated heterocycles. The number of benzene rings is 3. The van der Waals surface area contributed by atoms with Crippen molar-refractivity contribution in [2.24, 2.45) is 0 Å². The Morgan fingerprint density at radius 2 is 1.59 bits per heavy atom. The van der Waals surface area contributed by atoms with Crippen LogP contribution in [0, 0.1) is 0 Å². The van der Waals surface area contributed by atoms with Gasteiger partial charge in [-0.25, -0.2) is 19.9 Å². The molecule has 0 aliphatic carbocycles. The maximum Gasteiger partial charge on any atom is 0.278 e. The van der Waals surface area contributed by atoms with Gasteiger partial charge < -0.3 is 0 Å². The van der Waals surface area contributed by atoms with Crippen LogP contribution >= 0.6 is 23.2 Å². The monoisotopic (exact) mass is 487 g/mol. The number of halogens is 2. The van der Waals surface area contributed by atoms with Crippen LogP contribution in [0.15, 0.2) is 91.3 Å². The van der Waals surface area contributed by atoms with Gasteiger partial charge in [0.15, 0.2) is 5.65 Å². The van der Waals surface area contributed by atoms with Gasteiger partial charge in [0.2, 0.25) is 0 Å². The summed E-state index contributed by atoms with van der Waals surface area (Å²) in [6.07, 6.45) is 3.26. The van der Waals surface area contributed by atoms with E-state index in [0.29, 0.717) is 26.9 Å². The molecule has 0 aliphatic rings. The van der Waals surface area contributed by atoms with Crippen molar-refractivity contribution < 1.29 is 4.79 Å². The summed E-state index contributed by atoms with van der Waals surface area (Å²) in [5.41, 5.74) is 7.67. The minimum Gasteiger partial charge on any atom is -0.267 e. The number of carbonyl (C=O) groups is 1. The second kappa shape index (κ2) is 9.27. The number of hydrogen-bond acceptors (Lipinski definition) is 4. The fourth-order valence-corrected chi connectivity index (χ4v) is 4.25. The average molecular weight is 488 g/mol. The summed E-state index contributed by atoms with van der Waals surface area (Å²) in [5, 5.41) is 7.24. The molecule has 1 amide bonds. The third kappa shape index (κ3) is 3.92. The number of nitrogens with one attached hydrogen (secondary N) is 1. The van der Waals surface area contributed by atoms with Crippen molar-refractivity contribution >= 4 is 40.4 Å². The number of aromatic nitrogens is 3. The van der Waals surface area contributed by atoms with Crippen LogP contribution < -0.4 is 10.4 Å². The maximum absolute atomic E-state index is 13.5. The highest BCUT2D eigenvalue weighted by Gasteiger charge is 2.24. The van der Waals surface area contributed by atoms with Crippen LogP contribution in [0.2, 0.25) is 10.0 Å². The van der Waals surface area contributed by atoms with E-state index in [1.807, 2.05) is 78.9 Å². The van der Waals surface area contributed by atoms with E-state index < -0.39 is 0 Å². The van der Waals surface area contributed by atoms with Gasteiger partial charge >= 0.3 is 0 Å². The molecular weight excluding hydrogens is 469 g/mol. The molecule has 5 rings (SSSR count). The molecule has 3 aromatic carbocycles. The highest BCUT2D eigenvalue weighted by molar-refractivity contribution is 6.33. The van der Waals surface area contributed by atoms with Crippen molar-refractivity contribution in [3.05, 3.63) is 107 Å². The van der Waals surface area contributed by atoms with Gasteiger partial charge in [-0.1, -0.05) is 71.7 Å². The summed E-state index contributed by atoms with van der Waals surface area (Å²) in [5.74, 6) is -0.274.